The first-order chi connectivity index (χ1) is 7.58. The van der Waals surface area contributed by atoms with Gasteiger partial charge in [0.1, 0.15) is 0 Å². The fraction of sp³-hybridized carbons (Fsp3) is 0.462. The number of rotatable bonds is 5. The number of nitrogens with zero attached hydrogens (tertiary/aromatic N) is 1. The lowest BCUT2D eigenvalue weighted by Gasteiger charge is -2.22. The molecule has 3 heteroatoms. The van der Waals surface area contributed by atoms with E-state index in [1.807, 2.05) is 21.0 Å². The first-order valence-electron chi connectivity index (χ1n) is 5.55. The summed E-state index contributed by atoms with van der Waals surface area (Å²) in [6, 6.07) is 6.63. The predicted octanol–water partition coefficient (Wildman–Crippen LogP) is 1.42. The number of hydrogen-bond donors (Lipinski definition) is 2. The van der Waals surface area contributed by atoms with Gasteiger partial charge in [0.15, 0.2) is 0 Å². The Balaban J connectivity index is 2.84. The summed E-state index contributed by atoms with van der Waals surface area (Å²) < 4.78 is 0. The van der Waals surface area contributed by atoms with Crippen molar-refractivity contribution in [3.8, 4) is 0 Å². The summed E-state index contributed by atoms with van der Waals surface area (Å²) in [5.74, 6) is 0. The molecule has 0 aliphatic carbocycles. The van der Waals surface area contributed by atoms with E-state index >= 15 is 0 Å². The van der Waals surface area contributed by atoms with Crippen LogP contribution in [0.4, 0.5) is 0 Å². The molecule has 1 aromatic rings. The molecule has 0 aliphatic rings. The molecule has 1 unspecified atom stereocenters. The van der Waals surface area contributed by atoms with E-state index in [4.69, 9.17) is 11.1 Å². The number of hydrogen-bond acceptors (Lipinski definition) is 3. The SMILES string of the molecule is Cc1ccc(CC(CN)N(C)C)cc1C=N. The Kier molecular flexibility index (Phi) is 4.65. The Morgan fingerprint density at radius 2 is 2.12 bits per heavy atom. The van der Waals surface area contributed by atoms with Crippen molar-refractivity contribution in [3.63, 3.8) is 0 Å². The van der Waals surface area contributed by atoms with E-state index in [1.54, 1.807) is 0 Å². The topological polar surface area (TPSA) is 53.1 Å². The number of benzene rings is 1. The molecule has 16 heavy (non-hydrogen) atoms. The Morgan fingerprint density at radius 3 is 2.62 bits per heavy atom. The van der Waals surface area contributed by atoms with Crippen LogP contribution < -0.4 is 5.73 Å². The lowest BCUT2D eigenvalue weighted by molar-refractivity contribution is 0.298. The molecule has 1 atom stereocenters. The fourth-order valence-electron chi connectivity index (χ4n) is 1.72. The van der Waals surface area contributed by atoms with Crippen LogP contribution in [0.1, 0.15) is 16.7 Å². The Hall–Kier alpha value is -1.19. The molecule has 0 aliphatic heterocycles. The largest absolute Gasteiger partial charge is 0.329 e. The molecule has 0 fully saturated rings. The van der Waals surface area contributed by atoms with E-state index < -0.39 is 0 Å². The minimum absolute atomic E-state index is 0.362. The number of likely N-dealkylation sites (N-methyl/N-ethyl adjacent to an activating group) is 1. The highest BCUT2D eigenvalue weighted by molar-refractivity contribution is 5.79. The average molecular weight is 219 g/mol. The highest BCUT2D eigenvalue weighted by Crippen LogP contribution is 2.12. The van der Waals surface area contributed by atoms with Gasteiger partial charge in [-0.05, 0) is 50.2 Å². The monoisotopic (exact) mass is 219 g/mol. The first-order valence-corrected chi connectivity index (χ1v) is 5.55. The van der Waals surface area contributed by atoms with E-state index in [0.29, 0.717) is 12.6 Å². The standard InChI is InChI=1S/C13H21N3/c1-10-4-5-11(6-12(10)8-14)7-13(9-15)16(2)3/h4-6,8,13-14H,7,9,15H2,1-3H3. The minimum atomic E-state index is 0.362. The van der Waals surface area contributed by atoms with E-state index in [-0.39, 0.29) is 0 Å². The summed E-state index contributed by atoms with van der Waals surface area (Å²) in [4.78, 5) is 2.14. The van der Waals surface area contributed by atoms with Gasteiger partial charge in [0.2, 0.25) is 0 Å². The first kappa shape index (κ1) is 12.9. The van der Waals surface area contributed by atoms with Crippen LogP contribution >= 0.6 is 0 Å². The maximum absolute atomic E-state index is 7.33. The van der Waals surface area contributed by atoms with Gasteiger partial charge in [-0.25, -0.2) is 0 Å². The second-order valence-electron chi connectivity index (χ2n) is 4.39. The Bertz CT molecular complexity index is 358. The van der Waals surface area contributed by atoms with E-state index in [0.717, 1.165) is 17.5 Å². The molecule has 3 N–H and O–H groups in total. The zero-order chi connectivity index (χ0) is 12.1. The van der Waals surface area contributed by atoms with Crippen molar-refractivity contribution in [2.45, 2.75) is 19.4 Å². The molecular weight excluding hydrogens is 198 g/mol. The lowest BCUT2D eigenvalue weighted by atomic mass is 10.0. The minimum Gasteiger partial charge on any atom is -0.329 e. The predicted molar refractivity (Wildman–Crippen MR) is 69.3 cm³/mol. The van der Waals surface area contributed by atoms with Crippen molar-refractivity contribution in [2.75, 3.05) is 20.6 Å². The maximum atomic E-state index is 7.33. The van der Waals surface area contributed by atoms with Gasteiger partial charge < -0.3 is 16.0 Å². The summed E-state index contributed by atoms with van der Waals surface area (Å²) in [5.41, 5.74) is 9.12. The molecule has 0 radical (unpaired) electrons. The summed E-state index contributed by atoms with van der Waals surface area (Å²) in [6.07, 6.45) is 2.34. The molecular formula is C13H21N3. The number of aryl methyl sites for hydroxylation is 1. The maximum Gasteiger partial charge on any atom is 0.0253 e. The molecule has 3 nitrogen and oxygen atoms in total. The zero-order valence-electron chi connectivity index (χ0n) is 10.3. The molecule has 1 rings (SSSR count). The van der Waals surface area contributed by atoms with Gasteiger partial charge in [0, 0.05) is 18.8 Å². The van der Waals surface area contributed by atoms with Crippen LogP contribution in [0.25, 0.3) is 0 Å². The van der Waals surface area contributed by atoms with Gasteiger partial charge in [0.05, 0.1) is 0 Å². The highest BCUT2D eigenvalue weighted by atomic mass is 15.1. The molecule has 1 aromatic carbocycles. The van der Waals surface area contributed by atoms with Gasteiger partial charge in [-0.2, -0.15) is 0 Å². The molecule has 0 spiro atoms. The van der Waals surface area contributed by atoms with Crippen LogP contribution in [-0.4, -0.2) is 37.8 Å². The van der Waals surface area contributed by atoms with Gasteiger partial charge in [-0.15, -0.1) is 0 Å². The number of nitrogens with two attached hydrogens (primary N) is 1. The van der Waals surface area contributed by atoms with Crippen LogP contribution in [-0.2, 0) is 6.42 Å². The third-order valence-electron chi connectivity index (χ3n) is 2.97. The van der Waals surface area contributed by atoms with E-state index in [2.05, 4.69) is 23.1 Å². The molecule has 0 saturated carbocycles. The van der Waals surface area contributed by atoms with Crippen LogP contribution in [0.2, 0.25) is 0 Å². The third-order valence-corrected chi connectivity index (χ3v) is 2.97. The van der Waals surface area contributed by atoms with Crippen molar-refractivity contribution in [1.82, 2.24) is 4.90 Å². The van der Waals surface area contributed by atoms with Gasteiger partial charge in [0.25, 0.3) is 0 Å². The summed E-state index contributed by atoms with van der Waals surface area (Å²) >= 11 is 0. The fourth-order valence-corrected chi connectivity index (χ4v) is 1.72. The van der Waals surface area contributed by atoms with Crippen LogP contribution in [0, 0.1) is 12.3 Å². The molecule has 0 heterocycles. The van der Waals surface area contributed by atoms with Gasteiger partial charge in [-0.3, -0.25) is 0 Å². The van der Waals surface area contributed by atoms with Crippen LogP contribution in [0.5, 0.6) is 0 Å². The van der Waals surface area contributed by atoms with Gasteiger partial charge in [-0.1, -0.05) is 12.1 Å². The van der Waals surface area contributed by atoms with Crippen LogP contribution in [0.3, 0.4) is 0 Å². The Morgan fingerprint density at radius 1 is 1.44 bits per heavy atom. The summed E-state index contributed by atoms with van der Waals surface area (Å²) in [7, 11) is 4.09. The third kappa shape index (κ3) is 3.15. The second-order valence-corrected chi connectivity index (χ2v) is 4.39. The Labute approximate surface area is 97.8 Å². The smallest absolute Gasteiger partial charge is 0.0253 e. The van der Waals surface area contributed by atoms with Crippen molar-refractivity contribution < 1.29 is 0 Å². The van der Waals surface area contributed by atoms with Crippen LogP contribution in [0.15, 0.2) is 18.2 Å². The van der Waals surface area contributed by atoms with E-state index in [1.165, 1.54) is 11.8 Å². The normalized spacial score (nSPS) is 12.8. The number of nitrogens with one attached hydrogen (secondary N) is 1. The highest BCUT2D eigenvalue weighted by Gasteiger charge is 2.10. The van der Waals surface area contributed by atoms with Crippen molar-refractivity contribution in [2.24, 2.45) is 5.73 Å². The van der Waals surface area contributed by atoms with Crippen molar-refractivity contribution in [3.05, 3.63) is 34.9 Å². The molecule has 88 valence electrons. The molecule has 0 bridgehead atoms. The molecule has 0 saturated heterocycles. The van der Waals surface area contributed by atoms with Crippen molar-refractivity contribution >= 4 is 6.21 Å². The van der Waals surface area contributed by atoms with Crippen molar-refractivity contribution in [1.29, 1.82) is 5.41 Å². The molecule has 0 aromatic heterocycles. The average Bonchev–Trinajstić information content (AvgIpc) is 2.27. The zero-order valence-corrected chi connectivity index (χ0v) is 10.3. The van der Waals surface area contributed by atoms with E-state index in [9.17, 15) is 0 Å². The lowest BCUT2D eigenvalue weighted by Crippen LogP contribution is -2.36. The molecule has 0 amide bonds. The van der Waals surface area contributed by atoms with Gasteiger partial charge >= 0.3 is 0 Å². The quantitative estimate of drug-likeness (QED) is 0.736. The summed E-state index contributed by atoms with van der Waals surface area (Å²) in [5, 5.41) is 7.33. The second kappa shape index (κ2) is 5.77. The summed E-state index contributed by atoms with van der Waals surface area (Å²) in [6.45, 7) is 2.68.